The maximum Gasteiger partial charge on any atom is 0.411 e. The van der Waals surface area contributed by atoms with Crippen molar-refractivity contribution in [1.82, 2.24) is 4.90 Å². The van der Waals surface area contributed by atoms with Crippen LogP contribution in [0.2, 0.25) is 0 Å². The molecule has 1 rings (SSSR count). The third-order valence-corrected chi connectivity index (χ3v) is 2.37. The lowest BCUT2D eigenvalue weighted by Gasteiger charge is -2.23. The Hall–Kier alpha value is -0.910. The van der Waals surface area contributed by atoms with Gasteiger partial charge in [0.1, 0.15) is 5.60 Å². The van der Waals surface area contributed by atoms with E-state index in [2.05, 4.69) is 0 Å². The number of ether oxygens (including phenoxy) is 1. The van der Waals surface area contributed by atoms with E-state index >= 15 is 0 Å². The normalized spacial score (nSPS) is 15.3. The van der Waals surface area contributed by atoms with Crippen molar-refractivity contribution in [2.75, 3.05) is 18.2 Å². The zero-order valence-corrected chi connectivity index (χ0v) is 10.0. The molecule has 88 valence electrons. The Morgan fingerprint density at radius 1 is 1.53 bits per heavy atom. The van der Waals surface area contributed by atoms with Crippen LogP contribution in [-0.2, 0) is 9.53 Å². The minimum absolute atomic E-state index is 0.187. The second-order valence-corrected chi connectivity index (χ2v) is 4.96. The molecule has 1 amide bonds. The van der Waals surface area contributed by atoms with Gasteiger partial charge in [-0.1, -0.05) is 0 Å². The summed E-state index contributed by atoms with van der Waals surface area (Å²) in [6.45, 7) is 6.22. The minimum Gasteiger partial charge on any atom is -0.483 e. The molecule has 0 spiro atoms. The van der Waals surface area contributed by atoms with Crippen LogP contribution in [0.25, 0.3) is 0 Å². The first-order chi connectivity index (χ1) is 6.90. The van der Waals surface area contributed by atoms with Crippen molar-refractivity contribution in [3.8, 4) is 0 Å². The molecule has 0 aromatic carbocycles. The standard InChI is InChI=1S/C8H15NO2S.CH2O2/c1-8(2,3)11-7(10)9-4-5-12-6-9;2-1-3/h4-6H2,1-3H3;1H,(H,2,3). The highest BCUT2D eigenvalue weighted by atomic mass is 32.2. The zero-order chi connectivity index (χ0) is 11.9. The van der Waals surface area contributed by atoms with Crippen LogP contribution in [0, 0.1) is 0 Å². The molecule has 1 aliphatic rings. The van der Waals surface area contributed by atoms with Crippen LogP contribution in [0.1, 0.15) is 20.8 Å². The van der Waals surface area contributed by atoms with E-state index in [1.807, 2.05) is 20.8 Å². The lowest BCUT2D eigenvalue weighted by atomic mass is 10.2. The number of carbonyl (C=O) groups is 2. The zero-order valence-electron chi connectivity index (χ0n) is 9.23. The molecule has 0 radical (unpaired) electrons. The largest absolute Gasteiger partial charge is 0.483 e. The topological polar surface area (TPSA) is 66.8 Å². The Bertz CT molecular complexity index is 209. The molecule has 0 saturated carbocycles. The molecule has 1 heterocycles. The number of hydrogen-bond donors (Lipinski definition) is 1. The van der Waals surface area contributed by atoms with Crippen molar-refractivity contribution >= 4 is 24.3 Å². The molecule has 0 aliphatic carbocycles. The molecular formula is C9H17NO4S. The van der Waals surface area contributed by atoms with E-state index in [4.69, 9.17) is 14.6 Å². The number of nitrogens with zero attached hydrogens (tertiary/aromatic N) is 1. The number of thioether (sulfide) groups is 1. The van der Waals surface area contributed by atoms with Crippen LogP contribution in [0.15, 0.2) is 0 Å². The molecular weight excluding hydrogens is 218 g/mol. The van der Waals surface area contributed by atoms with Crippen LogP contribution >= 0.6 is 11.8 Å². The Kier molecular flexibility index (Phi) is 6.15. The maximum atomic E-state index is 11.4. The molecule has 1 N–H and O–H groups in total. The molecule has 0 unspecified atom stereocenters. The lowest BCUT2D eigenvalue weighted by Crippen LogP contribution is -2.34. The van der Waals surface area contributed by atoms with E-state index in [-0.39, 0.29) is 18.2 Å². The van der Waals surface area contributed by atoms with Crippen LogP contribution in [0.4, 0.5) is 4.79 Å². The summed E-state index contributed by atoms with van der Waals surface area (Å²) in [7, 11) is 0. The molecule has 5 nitrogen and oxygen atoms in total. The minimum atomic E-state index is -0.371. The Morgan fingerprint density at radius 3 is 2.40 bits per heavy atom. The van der Waals surface area contributed by atoms with E-state index < -0.39 is 0 Å². The number of hydrogen-bond acceptors (Lipinski definition) is 4. The van der Waals surface area contributed by atoms with Gasteiger partial charge in [-0.3, -0.25) is 9.69 Å². The van der Waals surface area contributed by atoms with Gasteiger partial charge in [0.15, 0.2) is 0 Å². The molecule has 15 heavy (non-hydrogen) atoms. The number of amides is 1. The highest BCUT2D eigenvalue weighted by Gasteiger charge is 2.24. The maximum absolute atomic E-state index is 11.4. The summed E-state index contributed by atoms with van der Waals surface area (Å²) in [5, 5.41) is 6.89. The second kappa shape index (κ2) is 6.55. The van der Waals surface area contributed by atoms with Gasteiger partial charge in [0.05, 0.1) is 5.88 Å². The number of carbonyl (C=O) groups excluding carboxylic acids is 1. The lowest BCUT2D eigenvalue weighted by molar-refractivity contribution is -0.122. The van der Waals surface area contributed by atoms with Crippen LogP contribution in [-0.4, -0.2) is 46.3 Å². The van der Waals surface area contributed by atoms with Gasteiger partial charge < -0.3 is 9.84 Å². The molecule has 0 atom stereocenters. The summed E-state index contributed by atoms with van der Waals surface area (Å²) in [5.74, 6) is 1.80. The summed E-state index contributed by atoms with van der Waals surface area (Å²) in [6, 6.07) is 0. The molecule has 0 aromatic heterocycles. The Balaban J connectivity index is 0.000000583. The SMILES string of the molecule is CC(C)(C)OC(=O)N1CCSC1.O=CO. The first-order valence-electron chi connectivity index (χ1n) is 4.54. The van der Waals surface area contributed by atoms with E-state index in [0.29, 0.717) is 0 Å². The summed E-state index contributed by atoms with van der Waals surface area (Å²) in [5.41, 5.74) is -0.371. The highest BCUT2D eigenvalue weighted by Crippen LogP contribution is 2.17. The van der Waals surface area contributed by atoms with Gasteiger partial charge in [-0.15, -0.1) is 11.8 Å². The third-order valence-electron chi connectivity index (χ3n) is 1.40. The number of rotatable bonds is 0. The summed E-state index contributed by atoms with van der Waals surface area (Å²) >= 11 is 1.76. The van der Waals surface area contributed by atoms with E-state index in [9.17, 15) is 4.79 Å². The van der Waals surface area contributed by atoms with Gasteiger partial charge in [0.25, 0.3) is 6.47 Å². The predicted octanol–water partition coefficient (Wildman–Crippen LogP) is 1.63. The fraction of sp³-hybridized carbons (Fsp3) is 0.778. The van der Waals surface area contributed by atoms with Gasteiger partial charge in [-0.05, 0) is 20.8 Å². The summed E-state index contributed by atoms with van der Waals surface area (Å²) < 4.78 is 5.20. The van der Waals surface area contributed by atoms with E-state index in [0.717, 1.165) is 18.2 Å². The molecule has 0 bridgehead atoms. The first-order valence-corrected chi connectivity index (χ1v) is 5.69. The predicted molar refractivity (Wildman–Crippen MR) is 59.0 cm³/mol. The molecule has 0 aromatic rings. The van der Waals surface area contributed by atoms with Gasteiger partial charge in [0.2, 0.25) is 0 Å². The van der Waals surface area contributed by atoms with Crippen molar-refractivity contribution in [1.29, 1.82) is 0 Å². The fourth-order valence-corrected chi connectivity index (χ4v) is 1.82. The van der Waals surface area contributed by atoms with E-state index in [1.54, 1.807) is 16.7 Å². The number of carboxylic acid groups (broad SMARTS) is 1. The van der Waals surface area contributed by atoms with Crippen LogP contribution < -0.4 is 0 Å². The van der Waals surface area contributed by atoms with Crippen LogP contribution in [0.3, 0.4) is 0 Å². The van der Waals surface area contributed by atoms with Gasteiger partial charge in [0, 0.05) is 12.3 Å². The summed E-state index contributed by atoms with van der Waals surface area (Å²) in [6.07, 6.45) is -0.187. The molecule has 1 aliphatic heterocycles. The van der Waals surface area contributed by atoms with Crippen LogP contribution in [0.5, 0.6) is 0 Å². The highest BCUT2D eigenvalue weighted by molar-refractivity contribution is 7.99. The van der Waals surface area contributed by atoms with Gasteiger partial charge >= 0.3 is 6.09 Å². The monoisotopic (exact) mass is 235 g/mol. The second-order valence-electron chi connectivity index (χ2n) is 3.89. The Labute approximate surface area is 93.8 Å². The van der Waals surface area contributed by atoms with Gasteiger partial charge in [-0.2, -0.15) is 0 Å². The smallest absolute Gasteiger partial charge is 0.411 e. The third kappa shape index (κ3) is 7.07. The quantitative estimate of drug-likeness (QED) is 0.646. The summed E-state index contributed by atoms with van der Waals surface area (Å²) in [4.78, 5) is 21.4. The average Bonchev–Trinajstić information content (AvgIpc) is 2.53. The Morgan fingerprint density at radius 2 is 2.07 bits per heavy atom. The fourth-order valence-electron chi connectivity index (χ4n) is 0.885. The van der Waals surface area contributed by atoms with Crippen molar-refractivity contribution in [2.45, 2.75) is 26.4 Å². The van der Waals surface area contributed by atoms with Crippen molar-refractivity contribution in [3.63, 3.8) is 0 Å². The molecule has 6 heteroatoms. The van der Waals surface area contributed by atoms with E-state index in [1.165, 1.54) is 0 Å². The molecule has 1 saturated heterocycles. The van der Waals surface area contributed by atoms with Gasteiger partial charge in [-0.25, -0.2) is 4.79 Å². The first kappa shape index (κ1) is 14.1. The van der Waals surface area contributed by atoms with Crippen molar-refractivity contribution in [3.05, 3.63) is 0 Å². The van der Waals surface area contributed by atoms with Crippen molar-refractivity contribution in [2.24, 2.45) is 0 Å². The molecule has 1 fully saturated rings. The average molecular weight is 235 g/mol. The van der Waals surface area contributed by atoms with Crippen molar-refractivity contribution < 1.29 is 19.4 Å².